The molecule has 1 N–H and O–H groups in total. The molecule has 0 saturated carbocycles. The Hall–Kier alpha value is -0.240. The van der Waals surface area contributed by atoms with Crippen molar-refractivity contribution in [2.24, 2.45) is 0 Å². The third-order valence-corrected chi connectivity index (χ3v) is 6.38. The maximum absolute atomic E-state index is 12.0. The summed E-state index contributed by atoms with van der Waals surface area (Å²) in [6.45, 7) is 2.12. The summed E-state index contributed by atoms with van der Waals surface area (Å²) in [6, 6.07) is 6.64. The zero-order valence-corrected chi connectivity index (χ0v) is 13.4. The average Bonchev–Trinajstić information content (AvgIpc) is 2.28. The fraction of sp³-hybridized carbons (Fsp3) is 0.455. The molecule has 0 spiro atoms. The first-order valence-corrected chi connectivity index (χ1v) is 9.31. The van der Waals surface area contributed by atoms with Crippen LogP contribution in [0.1, 0.15) is 13.3 Å². The van der Waals surface area contributed by atoms with E-state index in [9.17, 15) is 12.6 Å². The number of benzene rings is 1. The third-order valence-electron chi connectivity index (χ3n) is 2.54. The van der Waals surface area contributed by atoms with Gasteiger partial charge in [-0.25, -0.2) is 13.1 Å². The normalized spacial score (nSPS) is 15.3. The van der Waals surface area contributed by atoms with Crippen LogP contribution in [0.3, 0.4) is 0 Å². The molecule has 1 aromatic rings. The quantitative estimate of drug-likeness (QED) is 0.849. The molecule has 2 atom stereocenters. The molecule has 0 aliphatic rings. The molecule has 0 aliphatic carbocycles. The van der Waals surface area contributed by atoms with Gasteiger partial charge in [-0.3, -0.25) is 4.21 Å². The van der Waals surface area contributed by atoms with E-state index in [4.69, 9.17) is 0 Å². The van der Waals surface area contributed by atoms with Crippen molar-refractivity contribution in [1.82, 2.24) is 4.72 Å². The molecule has 0 aromatic heterocycles. The second-order valence-electron chi connectivity index (χ2n) is 3.93. The largest absolute Gasteiger partial charge is 0.260 e. The molecule has 0 heterocycles. The number of rotatable bonds is 6. The molecule has 2 unspecified atom stereocenters. The summed E-state index contributed by atoms with van der Waals surface area (Å²) in [4.78, 5) is 0.218. The number of nitrogens with one attached hydrogen (secondary N) is 1. The maximum Gasteiger partial charge on any atom is 0.241 e. The summed E-state index contributed by atoms with van der Waals surface area (Å²) in [5.74, 6) is 0. The molecular weight excluding hydrogens is 338 g/mol. The van der Waals surface area contributed by atoms with Crippen molar-refractivity contribution in [1.29, 1.82) is 0 Å². The second kappa shape index (κ2) is 6.79. The maximum atomic E-state index is 12.0. The van der Waals surface area contributed by atoms with Crippen LogP contribution in [0.5, 0.6) is 0 Å². The minimum absolute atomic E-state index is 0.0214. The summed E-state index contributed by atoms with van der Waals surface area (Å²) in [7, 11) is -4.44. The zero-order valence-electron chi connectivity index (χ0n) is 10.2. The van der Waals surface area contributed by atoms with Crippen molar-refractivity contribution >= 4 is 36.8 Å². The SMILES string of the molecule is CC(CCNS(=O)(=O)c1ccccc1Br)S(C)=O. The van der Waals surface area contributed by atoms with Crippen LogP contribution in [0, 0.1) is 0 Å². The van der Waals surface area contributed by atoms with Gasteiger partial charge in [-0.1, -0.05) is 19.1 Å². The number of hydrogen-bond acceptors (Lipinski definition) is 3. The Balaban J connectivity index is 2.67. The summed E-state index contributed by atoms with van der Waals surface area (Å²) in [5.41, 5.74) is 0. The Bertz CT molecular complexity index is 531. The average molecular weight is 354 g/mol. The molecule has 18 heavy (non-hydrogen) atoms. The van der Waals surface area contributed by atoms with Gasteiger partial charge in [0.1, 0.15) is 0 Å². The number of sulfonamides is 1. The predicted octanol–water partition coefficient (Wildman–Crippen LogP) is 1.88. The lowest BCUT2D eigenvalue weighted by atomic mass is 10.3. The minimum atomic E-state index is -3.51. The number of halogens is 1. The van der Waals surface area contributed by atoms with Gasteiger partial charge in [0.05, 0.1) is 4.90 Å². The second-order valence-corrected chi connectivity index (χ2v) is 8.32. The highest BCUT2D eigenvalue weighted by atomic mass is 79.9. The Morgan fingerprint density at radius 3 is 2.56 bits per heavy atom. The van der Waals surface area contributed by atoms with E-state index >= 15 is 0 Å². The van der Waals surface area contributed by atoms with Gasteiger partial charge in [-0.2, -0.15) is 0 Å². The smallest absolute Gasteiger partial charge is 0.241 e. The highest BCUT2D eigenvalue weighted by Crippen LogP contribution is 2.20. The van der Waals surface area contributed by atoms with Crippen molar-refractivity contribution in [3.63, 3.8) is 0 Å². The topological polar surface area (TPSA) is 63.2 Å². The summed E-state index contributed by atoms with van der Waals surface area (Å²) < 4.78 is 38.2. The lowest BCUT2D eigenvalue weighted by molar-refractivity contribution is 0.577. The van der Waals surface area contributed by atoms with Crippen molar-refractivity contribution in [2.75, 3.05) is 12.8 Å². The molecule has 0 aliphatic heterocycles. The van der Waals surface area contributed by atoms with Gasteiger partial charge in [0, 0.05) is 33.3 Å². The summed E-state index contributed by atoms with van der Waals surface area (Å²) in [6.07, 6.45) is 2.17. The van der Waals surface area contributed by atoms with E-state index in [-0.39, 0.29) is 16.7 Å². The fourth-order valence-corrected chi connectivity index (χ4v) is 3.80. The lowest BCUT2D eigenvalue weighted by Crippen LogP contribution is -2.27. The van der Waals surface area contributed by atoms with Crippen LogP contribution in [0.2, 0.25) is 0 Å². The molecule has 1 aromatic carbocycles. The summed E-state index contributed by atoms with van der Waals surface area (Å²) >= 11 is 3.21. The van der Waals surface area contributed by atoms with E-state index in [1.807, 2.05) is 6.92 Å². The molecule has 0 fully saturated rings. The Labute approximate surface area is 119 Å². The lowest BCUT2D eigenvalue weighted by Gasteiger charge is -2.10. The van der Waals surface area contributed by atoms with Gasteiger partial charge in [0.2, 0.25) is 10.0 Å². The van der Waals surface area contributed by atoms with E-state index in [2.05, 4.69) is 20.7 Å². The van der Waals surface area contributed by atoms with Crippen molar-refractivity contribution < 1.29 is 12.6 Å². The molecule has 0 radical (unpaired) electrons. The van der Waals surface area contributed by atoms with Crippen LogP contribution in [0.4, 0.5) is 0 Å². The third kappa shape index (κ3) is 4.46. The van der Waals surface area contributed by atoms with Gasteiger partial charge in [-0.15, -0.1) is 0 Å². The molecule has 0 amide bonds. The zero-order chi connectivity index (χ0) is 13.8. The summed E-state index contributed by atoms with van der Waals surface area (Å²) in [5, 5.41) is -0.0214. The molecule has 4 nitrogen and oxygen atoms in total. The fourth-order valence-electron chi connectivity index (χ4n) is 1.30. The highest BCUT2D eigenvalue weighted by molar-refractivity contribution is 9.10. The van der Waals surface area contributed by atoms with Gasteiger partial charge in [0.15, 0.2) is 0 Å². The first kappa shape index (κ1) is 15.8. The highest BCUT2D eigenvalue weighted by Gasteiger charge is 2.17. The van der Waals surface area contributed by atoms with Crippen molar-refractivity contribution in [3.05, 3.63) is 28.7 Å². The molecule has 1 rings (SSSR count). The molecule has 102 valence electrons. The standard InChI is InChI=1S/C11H16BrNO3S2/c1-9(17(2)14)7-8-13-18(15,16)11-6-4-3-5-10(11)12/h3-6,9,13H,7-8H2,1-2H3. The van der Waals surface area contributed by atoms with Crippen molar-refractivity contribution in [3.8, 4) is 0 Å². The molecule has 7 heteroatoms. The van der Waals surface area contributed by atoms with E-state index in [1.165, 1.54) is 6.07 Å². The Kier molecular flexibility index (Phi) is 5.97. The van der Waals surface area contributed by atoms with E-state index in [1.54, 1.807) is 24.5 Å². The van der Waals surface area contributed by atoms with Crippen LogP contribution in [-0.4, -0.2) is 30.7 Å². The van der Waals surface area contributed by atoms with Crippen LogP contribution >= 0.6 is 15.9 Å². The Morgan fingerprint density at radius 1 is 1.39 bits per heavy atom. The van der Waals surface area contributed by atoms with E-state index < -0.39 is 20.8 Å². The van der Waals surface area contributed by atoms with Crippen LogP contribution in [0.15, 0.2) is 33.6 Å². The van der Waals surface area contributed by atoms with Gasteiger partial charge in [0.25, 0.3) is 0 Å². The van der Waals surface area contributed by atoms with Gasteiger partial charge >= 0.3 is 0 Å². The first-order chi connectivity index (χ1) is 8.34. The first-order valence-electron chi connectivity index (χ1n) is 5.41. The monoisotopic (exact) mass is 353 g/mol. The Morgan fingerprint density at radius 2 is 2.00 bits per heavy atom. The van der Waals surface area contributed by atoms with Crippen molar-refractivity contribution in [2.45, 2.75) is 23.5 Å². The van der Waals surface area contributed by atoms with Crippen LogP contribution < -0.4 is 4.72 Å². The number of hydrogen-bond donors (Lipinski definition) is 1. The predicted molar refractivity (Wildman–Crippen MR) is 77.5 cm³/mol. The van der Waals surface area contributed by atoms with E-state index in [0.29, 0.717) is 10.9 Å². The molecule has 0 saturated heterocycles. The van der Waals surface area contributed by atoms with Gasteiger partial charge < -0.3 is 0 Å². The molecular formula is C11H16BrNO3S2. The van der Waals surface area contributed by atoms with Crippen LogP contribution in [0.25, 0.3) is 0 Å². The van der Waals surface area contributed by atoms with Crippen LogP contribution in [-0.2, 0) is 20.8 Å². The molecule has 0 bridgehead atoms. The van der Waals surface area contributed by atoms with Gasteiger partial charge in [-0.05, 0) is 34.5 Å². The van der Waals surface area contributed by atoms with E-state index in [0.717, 1.165) is 0 Å². The minimum Gasteiger partial charge on any atom is -0.260 e.